The summed E-state index contributed by atoms with van der Waals surface area (Å²) in [6.07, 6.45) is -8.96. The number of carbonyl (C=O) groups is 1. The molecule has 10 heteroatoms. The molecule has 37 heavy (non-hydrogen) atoms. The summed E-state index contributed by atoms with van der Waals surface area (Å²) in [5.74, 6) is -1.41. The maximum Gasteiger partial charge on any atom is 0.417 e. The number of ether oxygens (including phenoxy) is 2. The van der Waals surface area contributed by atoms with Gasteiger partial charge in [0.15, 0.2) is 0 Å². The van der Waals surface area contributed by atoms with Gasteiger partial charge in [-0.2, -0.15) is 26.3 Å². The van der Waals surface area contributed by atoms with Crippen LogP contribution in [0.5, 0.6) is 11.5 Å². The quantitative estimate of drug-likeness (QED) is 0.220. The second-order valence-corrected chi connectivity index (χ2v) is 9.22. The Bertz CT molecular complexity index is 1270. The molecule has 0 spiro atoms. The zero-order valence-electron chi connectivity index (χ0n) is 20.0. The highest BCUT2D eigenvalue weighted by molar-refractivity contribution is 6.31. The van der Waals surface area contributed by atoms with E-state index in [0.29, 0.717) is 12.0 Å². The third-order valence-electron chi connectivity index (χ3n) is 5.53. The highest BCUT2D eigenvalue weighted by atomic mass is 35.5. The number of hydrogen-bond acceptors (Lipinski definition) is 3. The lowest BCUT2D eigenvalue weighted by atomic mass is 9.88. The Kier molecular flexibility index (Phi) is 8.47. The summed E-state index contributed by atoms with van der Waals surface area (Å²) in [6.45, 7) is 3.77. The van der Waals surface area contributed by atoms with Gasteiger partial charge in [0.1, 0.15) is 11.5 Å². The maximum atomic E-state index is 13.5. The maximum absolute atomic E-state index is 13.5. The molecule has 0 aromatic heterocycles. The Morgan fingerprint density at radius 3 is 2.16 bits per heavy atom. The summed E-state index contributed by atoms with van der Waals surface area (Å²) in [5, 5.41) is -0.486. The van der Waals surface area contributed by atoms with Crippen LogP contribution in [0.4, 0.5) is 26.3 Å². The first-order valence-electron chi connectivity index (χ1n) is 11.1. The summed E-state index contributed by atoms with van der Waals surface area (Å²) in [6, 6.07) is 11.9. The molecule has 3 aromatic carbocycles. The zero-order valence-corrected chi connectivity index (χ0v) is 20.8. The Morgan fingerprint density at radius 1 is 0.865 bits per heavy atom. The van der Waals surface area contributed by atoms with E-state index < -0.39 is 40.4 Å². The molecule has 3 nitrogen and oxygen atoms in total. The number of halogens is 7. The molecule has 1 atom stereocenters. The van der Waals surface area contributed by atoms with Gasteiger partial charge in [-0.05, 0) is 71.5 Å². The second-order valence-electron chi connectivity index (χ2n) is 8.82. The van der Waals surface area contributed by atoms with Gasteiger partial charge in [0.2, 0.25) is 0 Å². The van der Waals surface area contributed by atoms with Crippen molar-refractivity contribution in [3.8, 4) is 22.6 Å². The molecule has 0 amide bonds. The fraction of sp³-hybridized carbons (Fsp3) is 0.296. The normalized spacial score (nSPS) is 12.9. The van der Waals surface area contributed by atoms with Crippen molar-refractivity contribution in [2.45, 2.75) is 38.5 Å². The smallest absolute Gasteiger partial charge is 0.417 e. The van der Waals surface area contributed by atoms with E-state index in [4.69, 9.17) is 21.1 Å². The number of methoxy groups -OCH3 is 1. The minimum atomic E-state index is -4.71. The lowest BCUT2D eigenvalue weighted by molar-refractivity contribution is -0.143. The first-order valence-corrected chi connectivity index (χ1v) is 11.5. The van der Waals surface area contributed by atoms with Crippen molar-refractivity contribution in [3.63, 3.8) is 0 Å². The molecule has 198 valence electrons. The number of benzene rings is 3. The van der Waals surface area contributed by atoms with Crippen LogP contribution in [0, 0.1) is 5.92 Å². The molecule has 0 heterocycles. The number of carbonyl (C=O) groups excluding carboxylic acids is 1. The van der Waals surface area contributed by atoms with Crippen LogP contribution in [0.2, 0.25) is 5.02 Å². The molecule has 3 rings (SSSR count). The van der Waals surface area contributed by atoms with Gasteiger partial charge in [-0.25, -0.2) is 0 Å². The summed E-state index contributed by atoms with van der Waals surface area (Å²) in [4.78, 5) is 12.6. The fourth-order valence-electron chi connectivity index (χ4n) is 3.82. The van der Waals surface area contributed by atoms with Crippen molar-refractivity contribution < 1.29 is 40.6 Å². The summed E-state index contributed by atoms with van der Waals surface area (Å²) < 4.78 is 90.6. The third kappa shape index (κ3) is 7.19. The van der Waals surface area contributed by atoms with Crippen LogP contribution in [-0.2, 0) is 21.9 Å². The van der Waals surface area contributed by atoms with Crippen LogP contribution >= 0.6 is 11.6 Å². The van der Waals surface area contributed by atoms with E-state index in [2.05, 4.69) is 0 Å². The van der Waals surface area contributed by atoms with Crippen molar-refractivity contribution >= 4 is 17.6 Å². The third-order valence-corrected chi connectivity index (χ3v) is 5.86. The van der Waals surface area contributed by atoms with Gasteiger partial charge in [0.25, 0.3) is 0 Å². The van der Waals surface area contributed by atoms with Crippen molar-refractivity contribution in [3.05, 3.63) is 82.4 Å². The lowest BCUT2D eigenvalue weighted by Crippen LogP contribution is -2.16. The van der Waals surface area contributed by atoms with Gasteiger partial charge in [-0.1, -0.05) is 43.6 Å². The molecule has 0 saturated carbocycles. The van der Waals surface area contributed by atoms with E-state index in [-0.39, 0.29) is 28.5 Å². The summed E-state index contributed by atoms with van der Waals surface area (Å²) in [7, 11) is 1.22. The topological polar surface area (TPSA) is 35.5 Å². The molecule has 1 unspecified atom stereocenters. The SMILES string of the molecule is COC(=O)C(CC(C)C)c1cc(Oc2cccc(C(F)(F)F)c2)cc(-c2ccc(Cl)c(C(F)(F)F)c2)c1. The molecule has 0 radical (unpaired) electrons. The van der Waals surface area contributed by atoms with Crippen LogP contribution < -0.4 is 4.74 Å². The predicted molar refractivity (Wildman–Crippen MR) is 128 cm³/mol. The van der Waals surface area contributed by atoms with Crippen LogP contribution in [0.25, 0.3) is 11.1 Å². The van der Waals surface area contributed by atoms with Gasteiger partial charge < -0.3 is 9.47 Å². The molecule has 0 saturated heterocycles. The van der Waals surface area contributed by atoms with E-state index in [9.17, 15) is 31.1 Å². The van der Waals surface area contributed by atoms with Crippen molar-refractivity contribution in [2.24, 2.45) is 5.92 Å². The van der Waals surface area contributed by atoms with Crippen LogP contribution in [0.15, 0.2) is 60.7 Å². The van der Waals surface area contributed by atoms with Gasteiger partial charge >= 0.3 is 18.3 Å². The standard InChI is InChI=1S/C27H23ClF6O3/c1-15(2)9-22(25(35)36-3)18-10-17(16-7-8-24(28)23(13-16)27(32,33)34)11-21(12-18)37-20-6-4-5-19(14-20)26(29,30)31/h4-8,10-15,22H,9H2,1-3H3. The fourth-order valence-corrected chi connectivity index (χ4v) is 4.05. The summed E-state index contributed by atoms with van der Waals surface area (Å²) >= 11 is 5.76. The van der Waals surface area contributed by atoms with E-state index in [0.717, 1.165) is 24.3 Å². The minimum Gasteiger partial charge on any atom is -0.469 e. The monoisotopic (exact) mass is 544 g/mol. The number of hydrogen-bond donors (Lipinski definition) is 0. The molecule has 0 fully saturated rings. The van der Waals surface area contributed by atoms with E-state index >= 15 is 0 Å². The second kappa shape index (κ2) is 11.0. The number of rotatable bonds is 7. The average Bonchev–Trinajstić information content (AvgIpc) is 2.81. The predicted octanol–water partition coefficient (Wildman–Crippen LogP) is 9.14. The Labute approximate surface area is 215 Å². The highest BCUT2D eigenvalue weighted by Crippen LogP contribution is 2.40. The van der Waals surface area contributed by atoms with E-state index in [1.807, 2.05) is 13.8 Å². The highest BCUT2D eigenvalue weighted by Gasteiger charge is 2.34. The molecule has 0 aliphatic carbocycles. The molecule has 0 bridgehead atoms. The molecule has 0 aliphatic heterocycles. The van der Waals surface area contributed by atoms with Crippen molar-refractivity contribution in [1.82, 2.24) is 0 Å². The number of esters is 1. The van der Waals surface area contributed by atoms with Crippen molar-refractivity contribution in [2.75, 3.05) is 7.11 Å². The van der Waals surface area contributed by atoms with Crippen LogP contribution in [0.3, 0.4) is 0 Å². The largest absolute Gasteiger partial charge is 0.469 e. The molecular weight excluding hydrogens is 522 g/mol. The molecular formula is C27H23ClF6O3. The first-order chi connectivity index (χ1) is 17.2. The van der Waals surface area contributed by atoms with E-state index in [1.54, 1.807) is 0 Å². The van der Waals surface area contributed by atoms with Crippen LogP contribution in [0.1, 0.15) is 42.9 Å². The Hall–Kier alpha value is -3.20. The van der Waals surface area contributed by atoms with Crippen molar-refractivity contribution in [1.29, 1.82) is 0 Å². The minimum absolute atomic E-state index is 0.0352. The summed E-state index contributed by atoms with van der Waals surface area (Å²) in [5.41, 5.74) is -1.23. The van der Waals surface area contributed by atoms with Gasteiger partial charge in [0.05, 0.1) is 29.2 Å². The lowest BCUT2D eigenvalue weighted by Gasteiger charge is -2.20. The van der Waals surface area contributed by atoms with E-state index in [1.165, 1.54) is 43.5 Å². The Balaban J connectivity index is 2.17. The molecule has 3 aromatic rings. The van der Waals surface area contributed by atoms with Gasteiger partial charge in [-0.3, -0.25) is 4.79 Å². The first kappa shape index (κ1) is 28.4. The van der Waals surface area contributed by atoms with Crippen LogP contribution in [-0.4, -0.2) is 13.1 Å². The molecule has 0 N–H and O–H groups in total. The average molecular weight is 545 g/mol. The van der Waals surface area contributed by atoms with Gasteiger partial charge in [-0.15, -0.1) is 0 Å². The zero-order chi connectivity index (χ0) is 27.5. The molecule has 0 aliphatic rings. The number of alkyl halides is 6. The Morgan fingerprint density at radius 2 is 1.57 bits per heavy atom. The van der Waals surface area contributed by atoms with Gasteiger partial charge in [0, 0.05) is 0 Å².